The van der Waals surface area contributed by atoms with Crippen molar-refractivity contribution >= 4 is 23.4 Å². The number of nitrogens with one attached hydrogen (secondary N) is 1. The van der Waals surface area contributed by atoms with Crippen LogP contribution in [-0.2, 0) is 22.6 Å². The Kier molecular flexibility index (Phi) is 8.39. The van der Waals surface area contributed by atoms with Crippen molar-refractivity contribution in [3.05, 3.63) is 58.6 Å². The topological polar surface area (TPSA) is 67.9 Å². The van der Waals surface area contributed by atoms with Crippen molar-refractivity contribution in [3.63, 3.8) is 0 Å². The number of hydrogen-bond acceptors (Lipinski definition) is 4. The molecule has 0 saturated heterocycles. The average molecular weight is 459 g/mol. The first-order valence-electron chi connectivity index (χ1n) is 11.1. The van der Waals surface area contributed by atoms with Crippen molar-refractivity contribution in [2.24, 2.45) is 0 Å². The predicted molar refractivity (Wildman–Crippen MR) is 125 cm³/mol. The zero-order valence-corrected chi connectivity index (χ0v) is 19.7. The molecule has 1 heterocycles. The fourth-order valence-electron chi connectivity index (χ4n) is 3.75. The standard InChI is InChI=1S/C25H31ClN2O4/c1-4-21(25(30)27-17(2)3)28(16-19-7-5-6-8-20(19)26)24(29)12-10-18-9-11-22-23(15-18)32-14-13-31-22/h5-9,11,15,17,21H,4,10,12-14,16H2,1-3H3,(H,27,30)/t21-/m0/s1. The molecule has 0 bridgehead atoms. The van der Waals surface area contributed by atoms with Crippen molar-refractivity contribution < 1.29 is 19.1 Å². The molecule has 2 aromatic rings. The highest BCUT2D eigenvalue weighted by Crippen LogP contribution is 2.31. The number of amides is 2. The minimum atomic E-state index is -0.568. The monoisotopic (exact) mass is 458 g/mol. The van der Waals surface area contributed by atoms with Gasteiger partial charge in [-0.1, -0.05) is 42.8 Å². The zero-order chi connectivity index (χ0) is 23.1. The third-order valence-electron chi connectivity index (χ3n) is 5.35. The molecule has 32 heavy (non-hydrogen) atoms. The SMILES string of the molecule is CC[C@@H](C(=O)NC(C)C)N(Cc1ccccc1Cl)C(=O)CCc1ccc2c(c1)OCCO2. The number of halogens is 1. The molecule has 1 atom stereocenters. The van der Waals surface area contributed by atoms with E-state index in [4.69, 9.17) is 21.1 Å². The van der Waals surface area contributed by atoms with Gasteiger partial charge in [-0.2, -0.15) is 0 Å². The number of carbonyl (C=O) groups is 2. The Morgan fingerprint density at radius 2 is 1.81 bits per heavy atom. The van der Waals surface area contributed by atoms with Gasteiger partial charge < -0.3 is 19.7 Å². The third-order valence-corrected chi connectivity index (χ3v) is 5.72. The minimum Gasteiger partial charge on any atom is -0.486 e. The molecule has 0 radical (unpaired) electrons. The van der Waals surface area contributed by atoms with Crippen LogP contribution in [0.4, 0.5) is 0 Å². The molecular formula is C25H31ClN2O4. The molecule has 2 aromatic carbocycles. The highest BCUT2D eigenvalue weighted by molar-refractivity contribution is 6.31. The van der Waals surface area contributed by atoms with Crippen LogP contribution in [0.25, 0.3) is 0 Å². The van der Waals surface area contributed by atoms with E-state index in [1.807, 2.05) is 57.2 Å². The molecule has 0 saturated carbocycles. The average Bonchev–Trinajstić information content (AvgIpc) is 2.78. The second-order valence-electron chi connectivity index (χ2n) is 8.18. The minimum absolute atomic E-state index is 0.00784. The molecule has 0 spiro atoms. The zero-order valence-electron chi connectivity index (χ0n) is 18.9. The van der Waals surface area contributed by atoms with Gasteiger partial charge in [-0.25, -0.2) is 0 Å². The van der Waals surface area contributed by atoms with Crippen molar-refractivity contribution in [1.29, 1.82) is 0 Å². The molecule has 0 aliphatic carbocycles. The number of rotatable bonds is 9. The van der Waals surface area contributed by atoms with Crippen LogP contribution in [0, 0.1) is 0 Å². The maximum Gasteiger partial charge on any atom is 0.243 e. The van der Waals surface area contributed by atoms with Crippen LogP contribution in [0.3, 0.4) is 0 Å². The Labute approximate surface area is 194 Å². The molecule has 3 rings (SSSR count). The van der Waals surface area contributed by atoms with Gasteiger partial charge in [-0.3, -0.25) is 9.59 Å². The number of nitrogens with zero attached hydrogens (tertiary/aromatic N) is 1. The fourth-order valence-corrected chi connectivity index (χ4v) is 3.94. The van der Waals surface area contributed by atoms with Gasteiger partial charge >= 0.3 is 0 Å². The van der Waals surface area contributed by atoms with Crippen LogP contribution in [0.5, 0.6) is 11.5 Å². The van der Waals surface area contributed by atoms with E-state index in [1.165, 1.54) is 0 Å². The van der Waals surface area contributed by atoms with E-state index in [0.717, 1.165) is 16.9 Å². The molecular weight excluding hydrogens is 428 g/mol. The van der Waals surface area contributed by atoms with Gasteiger partial charge in [-0.05, 0) is 56.0 Å². The van der Waals surface area contributed by atoms with E-state index in [2.05, 4.69) is 5.32 Å². The molecule has 0 unspecified atom stereocenters. The molecule has 0 aromatic heterocycles. The normalized spacial score (nSPS) is 13.5. The number of benzene rings is 2. The van der Waals surface area contributed by atoms with Crippen LogP contribution in [0.2, 0.25) is 5.02 Å². The Morgan fingerprint density at radius 3 is 2.50 bits per heavy atom. The highest BCUT2D eigenvalue weighted by Gasteiger charge is 2.29. The predicted octanol–water partition coefficient (Wildman–Crippen LogP) is 4.38. The summed E-state index contributed by atoms with van der Waals surface area (Å²) in [4.78, 5) is 27.9. The second kappa shape index (κ2) is 11.2. The van der Waals surface area contributed by atoms with Gasteiger partial charge in [0.2, 0.25) is 11.8 Å². The molecule has 2 amide bonds. The molecule has 1 N–H and O–H groups in total. The molecule has 1 aliphatic rings. The lowest BCUT2D eigenvalue weighted by Gasteiger charge is -2.31. The maximum absolute atomic E-state index is 13.4. The number of hydrogen-bond donors (Lipinski definition) is 1. The summed E-state index contributed by atoms with van der Waals surface area (Å²) in [5.41, 5.74) is 1.80. The van der Waals surface area contributed by atoms with E-state index in [9.17, 15) is 9.59 Å². The summed E-state index contributed by atoms with van der Waals surface area (Å²) in [7, 11) is 0. The first kappa shape index (κ1) is 23.9. The van der Waals surface area contributed by atoms with Gasteiger partial charge in [0.15, 0.2) is 11.5 Å². The summed E-state index contributed by atoms with van der Waals surface area (Å²) >= 11 is 6.36. The molecule has 1 aliphatic heterocycles. The summed E-state index contributed by atoms with van der Waals surface area (Å²) in [6.07, 6.45) is 1.32. The number of carbonyl (C=O) groups excluding carboxylic acids is 2. The summed E-state index contributed by atoms with van der Waals surface area (Å²) in [6.45, 7) is 7.07. The third kappa shape index (κ3) is 6.16. The van der Waals surface area contributed by atoms with Gasteiger partial charge in [0.1, 0.15) is 19.3 Å². The number of fused-ring (bicyclic) bond motifs is 1. The molecule has 6 nitrogen and oxygen atoms in total. The van der Waals surface area contributed by atoms with Crippen LogP contribution in [-0.4, -0.2) is 42.0 Å². The molecule has 7 heteroatoms. The Bertz CT molecular complexity index is 947. The van der Waals surface area contributed by atoms with Crippen molar-refractivity contribution in [2.45, 2.75) is 58.7 Å². The summed E-state index contributed by atoms with van der Waals surface area (Å²) in [6, 6.07) is 12.6. The van der Waals surface area contributed by atoms with E-state index < -0.39 is 6.04 Å². The van der Waals surface area contributed by atoms with E-state index in [-0.39, 0.29) is 30.8 Å². The number of ether oxygens (including phenoxy) is 2. The fraction of sp³-hybridized carbons (Fsp3) is 0.440. The second-order valence-corrected chi connectivity index (χ2v) is 8.59. The summed E-state index contributed by atoms with van der Waals surface area (Å²) in [5.74, 6) is 1.19. The van der Waals surface area contributed by atoms with Crippen molar-refractivity contribution in [1.82, 2.24) is 10.2 Å². The van der Waals surface area contributed by atoms with Crippen LogP contribution in [0.15, 0.2) is 42.5 Å². The highest BCUT2D eigenvalue weighted by atomic mass is 35.5. The van der Waals surface area contributed by atoms with Gasteiger partial charge in [0.25, 0.3) is 0 Å². The van der Waals surface area contributed by atoms with Gasteiger partial charge in [0.05, 0.1) is 0 Å². The van der Waals surface area contributed by atoms with Crippen LogP contribution >= 0.6 is 11.6 Å². The Balaban J connectivity index is 1.77. The molecule has 0 fully saturated rings. The summed E-state index contributed by atoms with van der Waals surface area (Å²) in [5, 5.41) is 3.52. The van der Waals surface area contributed by atoms with E-state index in [0.29, 0.717) is 36.8 Å². The van der Waals surface area contributed by atoms with E-state index in [1.54, 1.807) is 11.0 Å². The number of aryl methyl sites for hydroxylation is 1. The van der Waals surface area contributed by atoms with Gasteiger partial charge in [0, 0.05) is 24.0 Å². The molecule has 172 valence electrons. The first-order chi connectivity index (χ1) is 15.4. The lowest BCUT2D eigenvalue weighted by molar-refractivity contribution is -0.141. The first-order valence-corrected chi connectivity index (χ1v) is 11.5. The quantitative estimate of drug-likeness (QED) is 0.605. The van der Waals surface area contributed by atoms with E-state index >= 15 is 0 Å². The largest absolute Gasteiger partial charge is 0.486 e. The lowest BCUT2D eigenvalue weighted by atomic mass is 10.1. The van der Waals surface area contributed by atoms with Crippen molar-refractivity contribution in [2.75, 3.05) is 13.2 Å². The smallest absolute Gasteiger partial charge is 0.243 e. The van der Waals surface area contributed by atoms with Crippen LogP contribution in [0.1, 0.15) is 44.7 Å². The van der Waals surface area contributed by atoms with Crippen LogP contribution < -0.4 is 14.8 Å². The Hall–Kier alpha value is -2.73. The van der Waals surface area contributed by atoms with Crippen molar-refractivity contribution in [3.8, 4) is 11.5 Å². The Morgan fingerprint density at radius 1 is 1.09 bits per heavy atom. The van der Waals surface area contributed by atoms with Gasteiger partial charge in [-0.15, -0.1) is 0 Å². The summed E-state index contributed by atoms with van der Waals surface area (Å²) < 4.78 is 11.2. The lowest BCUT2D eigenvalue weighted by Crippen LogP contribution is -2.50. The maximum atomic E-state index is 13.4.